The summed E-state index contributed by atoms with van der Waals surface area (Å²) in [6, 6.07) is -0.277. The van der Waals surface area contributed by atoms with Gasteiger partial charge in [-0.3, -0.25) is 9.59 Å². The van der Waals surface area contributed by atoms with Crippen molar-refractivity contribution in [3.63, 3.8) is 0 Å². The van der Waals surface area contributed by atoms with E-state index in [0.717, 1.165) is 44.9 Å². The summed E-state index contributed by atoms with van der Waals surface area (Å²) in [5, 5.41) is 13.1. The number of nitrogens with one attached hydrogen (secondary N) is 1. The highest BCUT2D eigenvalue weighted by Gasteiger charge is 2.51. The fourth-order valence-electron chi connectivity index (χ4n) is 4.04. The molecule has 3 aliphatic rings. The lowest BCUT2D eigenvalue weighted by Gasteiger charge is -2.45. The molecule has 7 heteroatoms. The lowest BCUT2D eigenvalue weighted by atomic mass is 9.82. The molecule has 0 aromatic rings. The van der Waals surface area contributed by atoms with Crippen molar-refractivity contribution in [2.75, 3.05) is 5.75 Å². The van der Waals surface area contributed by atoms with Crippen molar-refractivity contribution >= 4 is 23.0 Å². The van der Waals surface area contributed by atoms with Crippen LogP contribution < -0.4 is 5.32 Å². The van der Waals surface area contributed by atoms with Gasteiger partial charge in [0.2, 0.25) is 0 Å². The van der Waals surface area contributed by atoms with Crippen molar-refractivity contribution < 1.29 is 24.2 Å². The zero-order chi connectivity index (χ0) is 18.4. The van der Waals surface area contributed by atoms with Crippen LogP contribution in [0.25, 0.3) is 0 Å². The van der Waals surface area contributed by atoms with Crippen LogP contribution in [0.3, 0.4) is 0 Å². The normalized spacial score (nSPS) is 37.3. The molecule has 4 atom stereocenters. The largest absolute Gasteiger partial charge is 0.457 e. The maximum atomic E-state index is 12.5. The summed E-state index contributed by atoms with van der Waals surface area (Å²) < 4.78 is 11.7. The number of hydrogen-bond acceptors (Lipinski definition) is 6. The van der Waals surface area contributed by atoms with E-state index in [1.54, 1.807) is 0 Å². The summed E-state index contributed by atoms with van der Waals surface area (Å²) in [7, 11) is 0. The maximum absolute atomic E-state index is 12.5. The molecule has 2 saturated heterocycles. The third kappa shape index (κ3) is 5.24. The monoisotopic (exact) mass is 383 g/mol. The molecule has 3 heterocycles. The number of ether oxygens (including phenoxy) is 2. The molecular weight excluding hydrogens is 354 g/mol. The molecule has 26 heavy (non-hydrogen) atoms. The molecule has 6 nitrogen and oxygen atoms in total. The first-order valence-corrected chi connectivity index (χ1v) is 10.7. The first-order valence-electron chi connectivity index (χ1n) is 9.71. The van der Waals surface area contributed by atoms with E-state index in [4.69, 9.17) is 9.47 Å². The third-order valence-electron chi connectivity index (χ3n) is 5.38. The number of fused-ring (bicyclic) bond motifs is 2. The predicted molar refractivity (Wildman–Crippen MR) is 99.8 cm³/mol. The van der Waals surface area contributed by atoms with Gasteiger partial charge in [-0.1, -0.05) is 30.3 Å². The summed E-state index contributed by atoms with van der Waals surface area (Å²) in [5.41, 5.74) is -0.880. The predicted octanol–water partition coefficient (Wildman–Crippen LogP) is 3.28. The standard InChI is InChI=1S/C19H29NO5S/c21-16-10-8-6-4-2-1-3-5-7-9-14-11-19(25-16,12-17(22)24-14)15-13-26-18(23)20-15/h1,3,14-15,17,22H,2,4-13H2,(H,20,23)/t14-,15+,17-,19-/m1/s1. The van der Waals surface area contributed by atoms with E-state index in [1.165, 1.54) is 11.8 Å². The van der Waals surface area contributed by atoms with Crippen LogP contribution in [0.5, 0.6) is 0 Å². The Morgan fingerprint density at radius 2 is 1.92 bits per heavy atom. The zero-order valence-corrected chi connectivity index (χ0v) is 16.0. The highest BCUT2D eigenvalue weighted by molar-refractivity contribution is 8.14. The SMILES string of the molecule is O=C1CCCCCC=CCCC[C@@H]2C[C@]([C@@H]3CSC(=O)N3)(C[C@H](O)O2)O1. The average molecular weight is 384 g/mol. The number of esters is 1. The zero-order valence-electron chi connectivity index (χ0n) is 15.2. The van der Waals surface area contributed by atoms with E-state index in [0.29, 0.717) is 18.6 Å². The summed E-state index contributed by atoms with van der Waals surface area (Å²) in [6.07, 6.45) is 11.0. The van der Waals surface area contributed by atoms with Gasteiger partial charge in [-0.05, 0) is 38.5 Å². The second-order valence-corrected chi connectivity index (χ2v) is 8.45. The van der Waals surface area contributed by atoms with Gasteiger partial charge < -0.3 is 19.9 Å². The number of carbonyl (C=O) groups is 2. The van der Waals surface area contributed by atoms with E-state index in [1.807, 2.05) is 0 Å². The van der Waals surface area contributed by atoms with E-state index < -0.39 is 11.9 Å². The van der Waals surface area contributed by atoms with Crippen LogP contribution in [-0.2, 0) is 14.3 Å². The second kappa shape index (κ2) is 9.24. The Labute approximate surface area is 159 Å². The molecule has 0 aromatic heterocycles. The van der Waals surface area contributed by atoms with Gasteiger partial charge >= 0.3 is 5.97 Å². The van der Waals surface area contributed by atoms with Crippen molar-refractivity contribution in [2.45, 2.75) is 88.2 Å². The van der Waals surface area contributed by atoms with Gasteiger partial charge in [0, 0.05) is 25.0 Å². The fraction of sp³-hybridized carbons (Fsp3) is 0.789. The molecule has 0 aliphatic carbocycles. The molecule has 0 aromatic carbocycles. The Morgan fingerprint density at radius 3 is 2.69 bits per heavy atom. The van der Waals surface area contributed by atoms with Crippen molar-refractivity contribution in [2.24, 2.45) is 0 Å². The van der Waals surface area contributed by atoms with Gasteiger partial charge in [-0.25, -0.2) is 0 Å². The van der Waals surface area contributed by atoms with Crippen LogP contribution in [0.15, 0.2) is 12.2 Å². The van der Waals surface area contributed by atoms with E-state index in [2.05, 4.69) is 17.5 Å². The van der Waals surface area contributed by atoms with Gasteiger partial charge in [0.15, 0.2) is 6.29 Å². The smallest absolute Gasteiger partial charge is 0.306 e. The highest BCUT2D eigenvalue weighted by atomic mass is 32.2. The lowest BCUT2D eigenvalue weighted by molar-refractivity contribution is -0.235. The van der Waals surface area contributed by atoms with E-state index >= 15 is 0 Å². The molecule has 0 spiro atoms. The minimum atomic E-state index is -0.977. The minimum Gasteiger partial charge on any atom is -0.457 e. The summed E-state index contributed by atoms with van der Waals surface area (Å²) in [6.45, 7) is 0. The first kappa shape index (κ1) is 19.7. The molecule has 2 bridgehead atoms. The van der Waals surface area contributed by atoms with E-state index in [9.17, 15) is 14.7 Å². The van der Waals surface area contributed by atoms with Gasteiger partial charge in [-0.15, -0.1) is 0 Å². The number of thioether (sulfide) groups is 1. The highest BCUT2D eigenvalue weighted by Crippen LogP contribution is 2.39. The number of carbonyl (C=O) groups excluding carboxylic acids is 2. The average Bonchev–Trinajstić information content (AvgIpc) is 3.02. The molecular formula is C19H29NO5S. The number of allylic oxidation sites excluding steroid dienone is 2. The van der Waals surface area contributed by atoms with Gasteiger partial charge in [0.05, 0.1) is 12.1 Å². The van der Waals surface area contributed by atoms with Crippen molar-refractivity contribution in [3.05, 3.63) is 12.2 Å². The van der Waals surface area contributed by atoms with Crippen molar-refractivity contribution in [1.82, 2.24) is 5.32 Å². The molecule has 146 valence electrons. The molecule has 0 radical (unpaired) electrons. The first-order chi connectivity index (χ1) is 12.6. The number of hydrogen-bond donors (Lipinski definition) is 2. The Bertz CT molecular complexity index is 540. The van der Waals surface area contributed by atoms with Crippen LogP contribution >= 0.6 is 11.8 Å². The Morgan fingerprint density at radius 1 is 1.12 bits per heavy atom. The third-order valence-corrected chi connectivity index (χ3v) is 6.26. The molecule has 1 amide bonds. The van der Waals surface area contributed by atoms with Crippen LogP contribution in [-0.4, -0.2) is 46.1 Å². The molecule has 2 fully saturated rings. The topological polar surface area (TPSA) is 84.9 Å². The maximum Gasteiger partial charge on any atom is 0.306 e. The molecule has 0 saturated carbocycles. The van der Waals surface area contributed by atoms with Crippen LogP contribution in [0, 0.1) is 0 Å². The fourth-order valence-corrected chi connectivity index (χ4v) is 4.98. The second-order valence-electron chi connectivity index (χ2n) is 7.46. The molecule has 3 rings (SSSR count). The Kier molecular flexibility index (Phi) is 7.00. The minimum absolute atomic E-state index is 0.0982. The Balaban J connectivity index is 1.77. The van der Waals surface area contributed by atoms with E-state index in [-0.39, 0.29) is 29.8 Å². The van der Waals surface area contributed by atoms with Crippen molar-refractivity contribution in [3.8, 4) is 0 Å². The Hall–Kier alpha value is -1.05. The number of rotatable bonds is 1. The lowest BCUT2D eigenvalue weighted by Crippen LogP contribution is -2.59. The molecule has 2 N–H and O–H groups in total. The van der Waals surface area contributed by atoms with Gasteiger partial charge in [0.1, 0.15) is 5.60 Å². The van der Waals surface area contributed by atoms with Crippen LogP contribution in [0.4, 0.5) is 4.79 Å². The summed E-state index contributed by atoms with van der Waals surface area (Å²) in [4.78, 5) is 24.2. The van der Waals surface area contributed by atoms with Crippen LogP contribution in [0.2, 0.25) is 0 Å². The number of aliphatic hydroxyl groups is 1. The quantitative estimate of drug-likeness (QED) is 0.534. The summed E-state index contributed by atoms with van der Waals surface area (Å²) in [5.74, 6) is 0.309. The molecule has 0 unspecified atom stereocenters. The summed E-state index contributed by atoms with van der Waals surface area (Å²) >= 11 is 1.21. The number of amides is 1. The van der Waals surface area contributed by atoms with Crippen molar-refractivity contribution in [1.29, 1.82) is 0 Å². The van der Waals surface area contributed by atoms with Crippen LogP contribution in [0.1, 0.15) is 64.2 Å². The number of aliphatic hydroxyl groups excluding tert-OH is 1. The van der Waals surface area contributed by atoms with Gasteiger partial charge in [-0.2, -0.15) is 0 Å². The molecule has 3 aliphatic heterocycles. The van der Waals surface area contributed by atoms with Gasteiger partial charge in [0.25, 0.3) is 5.24 Å².